The summed E-state index contributed by atoms with van der Waals surface area (Å²) in [5, 5.41) is 12.1. The number of hydrogen-bond acceptors (Lipinski definition) is 4. The summed E-state index contributed by atoms with van der Waals surface area (Å²) in [6.45, 7) is 7.10. The Morgan fingerprint density at radius 2 is 2.00 bits per heavy atom. The summed E-state index contributed by atoms with van der Waals surface area (Å²) in [6, 6.07) is -0.959. The lowest BCUT2D eigenvalue weighted by Gasteiger charge is -2.36. The first-order chi connectivity index (χ1) is 10.1. The third-order valence-electron chi connectivity index (χ3n) is 4.22. The zero-order valence-electron chi connectivity index (χ0n) is 12.6. The van der Waals surface area contributed by atoms with Crippen LogP contribution in [-0.4, -0.2) is 78.9 Å². The average Bonchev–Trinajstić information content (AvgIpc) is 2.48. The molecule has 0 aromatic heterocycles. The van der Waals surface area contributed by atoms with Crippen molar-refractivity contribution in [1.82, 2.24) is 15.1 Å². The number of carboxylic acid groups (broad SMARTS) is 1. The van der Waals surface area contributed by atoms with Gasteiger partial charge >= 0.3 is 12.0 Å². The summed E-state index contributed by atoms with van der Waals surface area (Å²) >= 11 is 0. The van der Waals surface area contributed by atoms with Gasteiger partial charge in [0.2, 0.25) is 0 Å². The molecule has 0 aromatic rings. The first-order valence-corrected chi connectivity index (χ1v) is 7.65. The number of urea groups is 1. The fraction of sp³-hybridized carbons (Fsp3) is 0.857. The number of carboxylic acids is 1. The summed E-state index contributed by atoms with van der Waals surface area (Å²) in [4.78, 5) is 27.2. The molecule has 0 bridgehead atoms. The van der Waals surface area contributed by atoms with Gasteiger partial charge in [-0.25, -0.2) is 9.59 Å². The topological polar surface area (TPSA) is 82.1 Å². The van der Waals surface area contributed by atoms with E-state index >= 15 is 0 Å². The van der Waals surface area contributed by atoms with Gasteiger partial charge in [-0.3, -0.25) is 4.90 Å². The van der Waals surface area contributed by atoms with E-state index in [0.717, 1.165) is 39.3 Å². The number of ether oxygens (including phenoxy) is 1. The molecule has 7 heteroatoms. The summed E-state index contributed by atoms with van der Waals surface area (Å²) < 4.78 is 5.27. The van der Waals surface area contributed by atoms with E-state index in [1.54, 1.807) is 0 Å². The summed E-state index contributed by atoms with van der Waals surface area (Å²) in [5.74, 6) is -0.562. The number of hydrogen-bond donors (Lipinski definition) is 2. The highest BCUT2D eigenvalue weighted by Crippen LogP contribution is 2.22. The van der Waals surface area contributed by atoms with Crippen LogP contribution in [0.4, 0.5) is 4.79 Å². The lowest BCUT2D eigenvalue weighted by Crippen LogP contribution is -2.54. The van der Waals surface area contributed by atoms with Crippen molar-refractivity contribution in [2.24, 2.45) is 5.92 Å². The molecule has 2 heterocycles. The fourth-order valence-corrected chi connectivity index (χ4v) is 2.87. The number of likely N-dealkylation sites (tertiary alicyclic amines) is 1. The molecule has 2 N–H and O–H groups in total. The molecular formula is C14H25N3O4. The van der Waals surface area contributed by atoms with Crippen molar-refractivity contribution in [3.63, 3.8) is 0 Å². The van der Waals surface area contributed by atoms with Gasteiger partial charge in [-0.2, -0.15) is 0 Å². The number of nitrogens with zero attached hydrogens (tertiary/aromatic N) is 2. The maximum atomic E-state index is 12.2. The molecule has 0 aromatic carbocycles. The molecule has 2 rings (SSSR count). The number of carbonyl (C=O) groups excluding carboxylic acids is 1. The lowest BCUT2D eigenvalue weighted by atomic mass is 9.93. The Labute approximate surface area is 125 Å². The molecule has 21 heavy (non-hydrogen) atoms. The van der Waals surface area contributed by atoms with Crippen molar-refractivity contribution in [2.75, 3.05) is 45.9 Å². The van der Waals surface area contributed by atoms with Crippen LogP contribution in [0.1, 0.15) is 19.8 Å². The normalized spacial score (nSPS) is 27.4. The van der Waals surface area contributed by atoms with Crippen molar-refractivity contribution in [2.45, 2.75) is 25.8 Å². The van der Waals surface area contributed by atoms with Crippen LogP contribution in [0.25, 0.3) is 0 Å². The highest BCUT2D eigenvalue weighted by atomic mass is 16.5. The van der Waals surface area contributed by atoms with Gasteiger partial charge in [0.25, 0.3) is 0 Å². The molecule has 2 atom stereocenters. The van der Waals surface area contributed by atoms with Crippen molar-refractivity contribution in [1.29, 1.82) is 0 Å². The Kier molecular flexibility index (Phi) is 5.81. The fourth-order valence-electron chi connectivity index (χ4n) is 2.87. The Balaban J connectivity index is 1.77. The minimum atomic E-state index is -0.912. The number of amides is 2. The summed E-state index contributed by atoms with van der Waals surface area (Å²) in [6.07, 6.45) is 1.40. The van der Waals surface area contributed by atoms with Gasteiger partial charge in [-0.1, -0.05) is 6.92 Å². The van der Waals surface area contributed by atoms with Crippen LogP contribution >= 0.6 is 0 Å². The van der Waals surface area contributed by atoms with Crippen LogP contribution < -0.4 is 5.32 Å². The highest BCUT2D eigenvalue weighted by molar-refractivity contribution is 5.82. The Morgan fingerprint density at radius 3 is 2.67 bits per heavy atom. The predicted molar refractivity (Wildman–Crippen MR) is 77.2 cm³/mol. The summed E-state index contributed by atoms with van der Waals surface area (Å²) in [7, 11) is 0. The molecule has 2 aliphatic rings. The van der Waals surface area contributed by atoms with Crippen LogP contribution in [0.3, 0.4) is 0 Å². The number of piperidine rings is 1. The molecule has 0 spiro atoms. The molecule has 2 aliphatic heterocycles. The van der Waals surface area contributed by atoms with Crippen LogP contribution in [0, 0.1) is 5.92 Å². The number of aliphatic carboxylic acids is 1. The van der Waals surface area contributed by atoms with Crippen molar-refractivity contribution in [3.05, 3.63) is 0 Å². The molecule has 0 radical (unpaired) electrons. The van der Waals surface area contributed by atoms with E-state index in [-0.39, 0.29) is 6.03 Å². The number of morpholine rings is 1. The van der Waals surface area contributed by atoms with Crippen LogP contribution in [0.15, 0.2) is 0 Å². The van der Waals surface area contributed by atoms with Crippen molar-refractivity contribution >= 4 is 12.0 Å². The third-order valence-corrected chi connectivity index (χ3v) is 4.22. The van der Waals surface area contributed by atoms with Gasteiger partial charge in [-0.05, 0) is 18.8 Å². The minimum absolute atomic E-state index is 0.262. The first-order valence-electron chi connectivity index (χ1n) is 7.65. The zero-order valence-corrected chi connectivity index (χ0v) is 12.6. The second-order valence-corrected chi connectivity index (χ2v) is 5.86. The second kappa shape index (κ2) is 7.61. The van der Waals surface area contributed by atoms with E-state index < -0.39 is 12.0 Å². The third kappa shape index (κ3) is 4.57. The predicted octanol–water partition coefficient (Wildman–Crippen LogP) is 0.213. The average molecular weight is 299 g/mol. The molecule has 0 saturated carbocycles. The number of nitrogens with one attached hydrogen (secondary N) is 1. The Bertz CT molecular complexity index is 371. The maximum absolute atomic E-state index is 12.2. The first kappa shape index (κ1) is 16.0. The monoisotopic (exact) mass is 299 g/mol. The van der Waals surface area contributed by atoms with Gasteiger partial charge in [0, 0.05) is 32.7 Å². The van der Waals surface area contributed by atoms with Crippen molar-refractivity contribution < 1.29 is 19.4 Å². The largest absolute Gasteiger partial charge is 0.480 e. The van der Waals surface area contributed by atoms with E-state index in [1.165, 1.54) is 4.90 Å². The molecule has 120 valence electrons. The van der Waals surface area contributed by atoms with E-state index in [2.05, 4.69) is 10.2 Å². The van der Waals surface area contributed by atoms with Crippen molar-refractivity contribution in [3.8, 4) is 0 Å². The minimum Gasteiger partial charge on any atom is -0.480 e. The highest BCUT2D eigenvalue weighted by Gasteiger charge is 2.34. The molecule has 7 nitrogen and oxygen atoms in total. The van der Waals surface area contributed by atoms with E-state index in [9.17, 15) is 14.7 Å². The van der Waals surface area contributed by atoms with Gasteiger partial charge in [0.05, 0.1) is 13.2 Å². The zero-order chi connectivity index (χ0) is 15.2. The standard InChI is InChI=1S/C14H25N3O4/c1-11-2-4-17(12(10-11)13(18)19)14(20)15-3-5-16-6-8-21-9-7-16/h11-12H,2-10H2,1H3,(H,15,20)(H,18,19). The van der Waals surface area contributed by atoms with Gasteiger partial charge in [-0.15, -0.1) is 0 Å². The van der Waals surface area contributed by atoms with E-state index in [0.29, 0.717) is 25.4 Å². The van der Waals surface area contributed by atoms with Gasteiger partial charge < -0.3 is 20.1 Å². The maximum Gasteiger partial charge on any atom is 0.326 e. The molecule has 0 aliphatic carbocycles. The molecule has 2 unspecified atom stereocenters. The molecule has 2 fully saturated rings. The van der Waals surface area contributed by atoms with E-state index in [4.69, 9.17) is 4.74 Å². The van der Waals surface area contributed by atoms with Crippen LogP contribution in [0.2, 0.25) is 0 Å². The number of carbonyl (C=O) groups is 2. The molecular weight excluding hydrogens is 274 g/mol. The Hall–Kier alpha value is -1.34. The number of rotatable bonds is 4. The van der Waals surface area contributed by atoms with Crippen LogP contribution in [0.5, 0.6) is 0 Å². The van der Waals surface area contributed by atoms with Crippen LogP contribution in [-0.2, 0) is 9.53 Å². The lowest BCUT2D eigenvalue weighted by molar-refractivity contribution is -0.143. The van der Waals surface area contributed by atoms with Gasteiger partial charge in [0.1, 0.15) is 6.04 Å². The Morgan fingerprint density at radius 1 is 1.29 bits per heavy atom. The smallest absolute Gasteiger partial charge is 0.326 e. The molecule has 2 saturated heterocycles. The van der Waals surface area contributed by atoms with Gasteiger partial charge in [0.15, 0.2) is 0 Å². The quantitative estimate of drug-likeness (QED) is 0.775. The second-order valence-electron chi connectivity index (χ2n) is 5.86. The van der Waals surface area contributed by atoms with E-state index in [1.807, 2.05) is 6.92 Å². The SMILES string of the molecule is CC1CCN(C(=O)NCCN2CCOCC2)C(C(=O)O)C1. The summed E-state index contributed by atoms with van der Waals surface area (Å²) in [5.41, 5.74) is 0. The molecule has 2 amide bonds.